The molecule has 1 aromatic heterocycles. The molecule has 4 heteroatoms. The molecule has 92 valence electrons. The lowest BCUT2D eigenvalue weighted by Gasteiger charge is -2.06. The van der Waals surface area contributed by atoms with Gasteiger partial charge in [0.05, 0.1) is 37.2 Å². The number of rotatable bonds is 5. The van der Waals surface area contributed by atoms with Crippen molar-refractivity contribution >= 4 is 11.0 Å². The van der Waals surface area contributed by atoms with Crippen molar-refractivity contribution in [2.24, 2.45) is 0 Å². The van der Waals surface area contributed by atoms with E-state index in [1.165, 1.54) is 11.1 Å². The topological polar surface area (TPSA) is 47.3 Å². The van der Waals surface area contributed by atoms with Crippen molar-refractivity contribution in [2.75, 3.05) is 19.8 Å². The van der Waals surface area contributed by atoms with Crippen molar-refractivity contribution in [3.8, 4) is 0 Å². The van der Waals surface area contributed by atoms with Gasteiger partial charge in [-0.1, -0.05) is 0 Å². The predicted molar refractivity (Wildman–Crippen MR) is 67.1 cm³/mol. The molecule has 0 atom stereocenters. The van der Waals surface area contributed by atoms with E-state index in [0.29, 0.717) is 13.2 Å². The fourth-order valence-electron chi connectivity index (χ4n) is 1.82. The quantitative estimate of drug-likeness (QED) is 0.800. The second-order valence-corrected chi connectivity index (χ2v) is 4.20. The first-order chi connectivity index (χ1) is 8.22. The number of hydrogen-bond acceptors (Lipinski definition) is 3. The van der Waals surface area contributed by atoms with Crippen LogP contribution in [0.3, 0.4) is 0 Å². The molecule has 2 rings (SSSR count). The molecular formula is C13H18N2O2. The minimum atomic E-state index is 0.0724. The lowest BCUT2D eigenvalue weighted by Crippen LogP contribution is -2.07. The normalized spacial score (nSPS) is 11.2. The van der Waals surface area contributed by atoms with E-state index in [9.17, 15) is 0 Å². The molecule has 0 amide bonds. The summed E-state index contributed by atoms with van der Waals surface area (Å²) in [7, 11) is 0. The summed E-state index contributed by atoms with van der Waals surface area (Å²) >= 11 is 0. The zero-order valence-electron chi connectivity index (χ0n) is 10.3. The summed E-state index contributed by atoms with van der Waals surface area (Å²) in [4.78, 5) is 4.38. The Morgan fingerprint density at radius 2 is 2.00 bits per heavy atom. The molecule has 1 heterocycles. The smallest absolute Gasteiger partial charge is 0.0959 e. The first kappa shape index (κ1) is 12.1. The second-order valence-electron chi connectivity index (χ2n) is 4.20. The molecule has 0 unspecified atom stereocenters. The molecule has 4 nitrogen and oxygen atoms in total. The van der Waals surface area contributed by atoms with Crippen molar-refractivity contribution in [3.63, 3.8) is 0 Å². The highest BCUT2D eigenvalue weighted by molar-refractivity contribution is 5.77. The number of imidazole rings is 1. The summed E-state index contributed by atoms with van der Waals surface area (Å²) in [5.41, 5.74) is 4.70. The third-order valence-electron chi connectivity index (χ3n) is 2.95. The monoisotopic (exact) mass is 234 g/mol. The maximum absolute atomic E-state index is 8.62. The minimum absolute atomic E-state index is 0.0724. The van der Waals surface area contributed by atoms with E-state index in [1.807, 2.05) is 6.33 Å². The van der Waals surface area contributed by atoms with Crippen molar-refractivity contribution in [1.29, 1.82) is 0 Å². The van der Waals surface area contributed by atoms with Crippen LogP contribution in [0.25, 0.3) is 11.0 Å². The molecule has 0 radical (unpaired) electrons. The van der Waals surface area contributed by atoms with E-state index in [2.05, 4.69) is 35.5 Å². The van der Waals surface area contributed by atoms with Crippen LogP contribution in [0, 0.1) is 13.8 Å². The summed E-state index contributed by atoms with van der Waals surface area (Å²) < 4.78 is 7.34. The van der Waals surface area contributed by atoms with Gasteiger partial charge in [0.15, 0.2) is 0 Å². The number of aryl methyl sites for hydroxylation is 2. The molecule has 17 heavy (non-hydrogen) atoms. The molecule has 0 spiro atoms. The zero-order valence-corrected chi connectivity index (χ0v) is 10.3. The van der Waals surface area contributed by atoms with Crippen LogP contribution >= 0.6 is 0 Å². The van der Waals surface area contributed by atoms with Crippen molar-refractivity contribution in [3.05, 3.63) is 29.6 Å². The molecular weight excluding hydrogens is 216 g/mol. The molecule has 0 saturated heterocycles. The van der Waals surface area contributed by atoms with Crippen LogP contribution < -0.4 is 0 Å². The molecule has 1 aromatic carbocycles. The van der Waals surface area contributed by atoms with Gasteiger partial charge in [0, 0.05) is 6.54 Å². The Morgan fingerprint density at radius 1 is 1.24 bits per heavy atom. The van der Waals surface area contributed by atoms with Crippen LogP contribution in [0.2, 0.25) is 0 Å². The fourth-order valence-corrected chi connectivity index (χ4v) is 1.82. The van der Waals surface area contributed by atoms with E-state index in [4.69, 9.17) is 9.84 Å². The average Bonchev–Trinajstić information content (AvgIpc) is 2.68. The summed E-state index contributed by atoms with van der Waals surface area (Å²) in [6.07, 6.45) is 1.84. The fraction of sp³-hybridized carbons (Fsp3) is 0.462. The van der Waals surface area contributed by atoms with Crippen LogP contribution in [0.4, 0.5) is 0 Å². The van der Waals surface area contributed by atoms with Gasteiger partial charge in [-0.3, -0.25) is 0 Å². The molecule has 0 fully saturated rings. The largest absolute Gasteiger partial charge is 0.394 e. The van der Waals surface area contributed by atoms with E-state index in [0.717, 1.165) is 17.6 Å². The van der Waals surface area contributed by atoms with Crippen molar-refractivity contribution in [2.45, 2.75) is 20.4 Å². The van der Waals surface area contributed by atoms with Gasteiger partial charge in [-0.25, -0.2) is 4.98 Å². The molecule has 0 aliphatic heterocycles. The molecule has 1 N–H and O–H groups in total. The van der Waals surface area contributed by atoms with Crippen LogP contribution in [0.15, 0.2) is 18.5 Å². The van der Waals surface area contributed by atoms with E-state index >= 15 is 0 Å². The van der Waals surface area contributed by atoms with Crippen LogP contribution in [-0.4, -0.2) is 34.5 Å². The lowest BCUT2D eigenvalue weighted by molar-refractivity contribution is 0.0874. The van der Waals surface area contributed by atoms with Gasteiger partial charge in [0.2, 0.25) is 0 Å². The van der Waals surface area contributed by atoms with Crippen molar-refractivity contribution < 1.29 is 9.84 Å². The molecule has 0 aliphatic carbocycles. The Hall–Kier alpha value is -1.39. The van der Waals surface area contributed by atoms with Gasteiger partial charge in [0.1, 0.15) is 0 Å². The van der Waals surface area contributed by atoms with Gasteiger partial charge in [-0.05, 0) is 37.1 Å². The molecule has 0 saturated carbocycles. The number of benzene rings is 1. The van der Waals surface area contributed by atoms with E-state index < -0.39 is 0 Å². The summed E-state index contributed by atoms with van der Waals surface area (Å²) in [5, 5.41) is 8.62. The number of fused-ring (bicyclic) bond motifs is 1. The number of aromatic nitrogens is 2. The predicted octanol–water partition coefficient (Wildman–Crippen LogP) is 1.66. The standard InChI is InChI=1S/C13H18N2O2/c1-10-7-12-13(8-11(10)2)15(9-14-12)3-5-17-6-4-16/h7-9,16H,3-6H2,1-2H3. The highest BCUT2D eigenvalue weighted by Gasteiger charge is 2.04. The minimum Gasteiger partial charge on any atom is -0.394 e. The number of aliphatic hydroxyl groups is 1. The lowest BCUT2D eigenvalue weighted by atomic mass is 10.1. The highest BCUT2D eigenvalue weighted by atomic mass is 16.5. The van der Waals surface area contributed by atoms with E-state index in [-0.39, 0.29) is 6.61 Å². The number of nitrogens with zero attached hydrogens (tertiary/aromatic N) is 2. The van der Waals surface area contributed by atoms with Gasteiger partial charge >= 0.3 is 0 Å². The Labute approximate surface area is 101 Å². The third-order valence-corrected chi connectivity index (χ3v) is 2.95. The Morgan fingerprint density at radius 3 is 2.76 bits per heavy atom. The molecule has 0 bridgehead atoms. The third kappa shape index (κ3) is 2.65. The first-order valence-corrected chi connectivity index (χ1v) is 5.83. The first-order valence-electron chi connectivity index (χ1n) is 5.83. The number of aliphatic hydroxyl groups excluding tert-OH is 1. The Balaban J connectivity index is 2.15. The maximum atomic E-state index is 8.62. The van der Waals surface area contributed by atoms with Gasteiger partial charge in [-0.2, -0.15) is 0 Å². The summed E-state index contributed by atoms with van der Waals surface area (Å²) in [6, 6.07) is 4.26. The molecule has 2 aromatic rings. The number of ether oxygens (including phenoxy) is 1. The summed E-state index contributed by atoms with van der Waals surface area (Å²) in [6.45, 7) is 6.03. The molecule has 0 aliphatic rings. The SMILES string of the molecule is Cc1cc2ncn(CCOCCO)c2cc1C. The maximum Gasteiger partial charge on any atom is 0.0959 e. The summed E-state index contributed by atoms with van der Waals surface area (Å²) in [5.74, 6) is 0. The van der Waals surface area contributed by atoms with E-state index in [1.54, 1.807) is 0 Å². The second kappa shape index (κ2) is 5.29. The van der Waals surface area contributed by atoms with Crippen LogP contribution in [-0.2, 0) is 11.3 Å². The Bertz CT molecular complexity index is 505. The zero-order chi connectivity index (χ0) is 12.3. The number of hydrogen-bond donors (Lipinski definition) is 1. The van der Waals surface area contributed by atoms with Gasteiger partial charge in [0.25, 0.3) is 0 Å². The Kier molecular flexibility index (Phi) is 3.76. The average molecular weight is 234 g/mol. The van der Waals surface area contributed by atoms with Crippen molar-refractivity contribution in [1.82, 2.24) is 9.55 Å². The van der Waals surface area contributed by atoms with Crippen LogP contribution in [0.1, 0.15) is 11.1 Å². The van der Waals surface area contributed by atoms with Gasteiger partial charge in [-0.15, -0.1) is 0 Å². The van der Waals surface area contributed by atoms with Crippen LogP contribution in [0.5, 0.6) is 0 Å². The highest BCUT2D eigenvalue weighted by Crippen LogP contribution is 2.18. The van der Waals surface area contributed by atoms with Gasteiger partial charge < -0.3 is 14.4 Å².